The molecule has 0 fully saturated rings. The van der Waals surface area contributed by atoms with Gasteiger partial charge in [-0.15, -0.1) is 18.9 Å². The zero-order valence-corrected chi connectivity index (χ0v) is 42.2. The third-order valence-electron chi connectivity index (χ3n) is 10.1. The van der Waals surface area contributed by atoms with Gasteiger partial charge in [-0.2, -0.15) is 28.8 Å². The summed E-state index contributed by atoms with van der Waals surface area (Å²) in [5, 5.41) is 69.1. The highest BCUT2D eigenvalue weighted by Crippen LogP contribution is 2.49. The van der Waals surface area contributed by atoms with Gasteiger partial charge in [-0.25, -0.2) is 27.4 Å². The Morgan fingerprint density at radius 2 is 1.26 bits per heavy atom. The van der Waals surface area contributed by atoms with Crippen LogP contribution >= 0.6 is 24.4 Å². The van der Waals surface area contributed by atoms with Crippen LogP contribution in [0.5, 0.6) is 5.75 Å². The number of sulfonamides is 1. The predicted octanol–water partition coefficient (Wildman–Crippen LogP) is 6.57. The molecule has 77 heavy (non-hydrogen) atoms. The van der Waals surface area contributed by atoms with Gasteiger partial charge in [-0.05, 0) is 115 Å². The Balaban J connectivity index is 1.07. The first-order valence-electron chi connectivity index (χ1n) is 20.8. The molecule has 7 rings (SSSR count). The molecule has 0 amide bonds. The van der Waals surface area contributed by atoms with E-state index in [0.29, 0.717) is 17.7 Å². The smallest absolute Gasteiger partial charge is 0.296 e. The number of phenols is 1. The van der Waals surface area contributed by atoms with Gasteiger partial charge >= 0.3 is 0 Å². The van der Waals surface area contributed by atoms with Crippen molar-refractivity contribution in [2.24, 2.45) is 30.7 Å². The number of aromatic hydroxyl groups is 1. The summed E-state index contributed by atoms with van der Waals surface area (Å²) in [5.41, 5.74) is 8.96. The fourth-order valence-electron chi connectivity index (χ4n) is 6.44. The predicted molar refractivity (Wildman–Crippen MR) is 272 cm³/mol. The number of anilines is 4. The Morgan fingerprint density at radius 3 is 1.87 bits per heavy atom. The molecule has 0 saturated carbocycles. The summed E-state index contributed by atoms with van der Waals surface area (Å²) in [6.45, 7) is -0.338. The van der Waals surface area contributed by atoms with Gasteiger partial charge in [-0.3, -0.25) is 44.0 Å². The Morgan fingerprint density at radius 1 is 0.688 bits per heavy atom. The normalized spacial score (nSPS) is 12.7. The molecule has 0 saturated heterocycles. The van der Waals surface area contributed by atoms with Crippen LogP contribution in [0, 0.1) is 10.1 Å². The van der Waals surface area contributed by atoms with Crippen molar-refractivity contribution in [2.45, 2.75) is 19.6 Å². The number of non-ortho nitro benzene ring substituents is 1. The van der Waals surface area contributed by atoms with Crippen LogP contribution in [0.25, 0.3) is 10.8 Å². The lowest BCUT2D eigenvalue weighted by atomic mass is 10.1. The number of hydrogen-bond donors (Lipinski definition) is 8. The highest BCUT2D eigenvalue weighted by Gasteiger charge is 2.26. The van der Waals surface area contributed by atoms with E-state index in [0.717, 1.165) is 18.2 Å². The number of rotatable bonds is 23. The van der Waals surface area contributed by atoms with Crippen LogP contribution in [-0.4, -0.2) is 62.7 Å². The number of nitrogens with one attached hydrogen (secondary N) is 3. The lowest BCUT2D eigenvalue weighted by molar-refractivity contribution is -0.434. The summed E-state index contributed by atoms with van der Waals surface area (Å²) in [6.07, 6.45) is 0. The van der Waals surface area contributed by atoms with E-state index in [4.69, 9.17) is 20.4 Å². The van der Waals surface area contributed by atoms with Crippen LogP contribution in [0.3, 0.4) is 0 Å². The quantitative estimate of drug-likeness (QED) is 0.00490. The first kappa shape index (κ1) is 56.6. The maximum atomic E-state index is 13.3. The van der Waals surface area contributed by atoms with Crippen molar-refractivity contribution in [1.82, 2.24) is 0 Å². The number of nitrogens with two attached hydrogens (primary N) is 1. The molecule has 30 nitrogen and oxygen atoms in total. The van der Waals surface area contributed by atoms with Crippen molar-refractivity contribution >= 4 is 116 Å². The van der Waals surface area contributed by atoms with E-state index in [-0.39, 0.29) is 89.6 Å². The number of azo groups is 2. The lowest BCUT2D eigenvalue weighted by Crippen LogP contribution is -2.47. The van der Waals surface area contributed by atoms with E-state index >= 15 is 0 Å². The van der Waals surface area contributed by atoms with Gasteiger partial charge in [0.2, 0.25) is 10.9 Å². The van der Waals surface area contributed by atoms with Crippen LogP contribution in [0.1, 0.15) is 0 Å². The number of phenolic OH excluding ortho intramolecular Hbond substituents is 1. The molecule has 7 aromatic rings. The molecular formula is C42H33N11O19S5. The molecule has 0 aliphatic heterocycles. The molecule has 0 spiro atoms. The Bertz CT molecular complexity index is 4000. The highest BCUT2D eigenvalue weighted by molar-refractivity contribution is 7.94. The van der Waals surface area contributed by atoms with Crippen molar-refractivity contribution in [3.8, 4) is 5.75 Å². The third-order valence-corrected chi connectivity index (χ3v) is 15.0. The fraction of sp³-hybridized carbons (Fsp3) is 0.0476. The molecule has 7 aromatic carbocycles. The van der Waals surface area contributed by atoms with Gasteiger partial charge in [0.25, 0.3) is 25.8 Å². The minimum absolute atomic E-state index is 0.0142. The molecule has 9 N–H and O–H groups in total. The second kappa shape index (κ2) is 24.7. The number of fused-ring (bicyclic) bond motifs is 1. The van der Waals surface area contributed by atoms with Crippen molar-refractivity contribution in [2.75, 3.05) is 33.7 Å². The van der Waals surface area contributed by atoms with Gasteiger partial charge in [0.15, 0.2) is 33.3 Å². The SMILES string of the molecule is Nc1c(N=Nc2ccc(S(=O)(=O)CCOSOOO)cc2)c(SOOO)cc2cc(S(=O)(=O)O)c(N=Nc3ccc(NS(=O)(=O)c4ccc(N/N=c5/c(=O)cc/c(=N\Nc6ccc([N+](=O)[O-])cc6)c5=O)cc4)cc3)c(O)c12. The fourth-order valence-corrected chi connectivity index (χ4v) is 10.1. The van der Waals surface area contributed by atoms with Crippen LogP contribution in [0.15, 0.2) is 181 Å². The van der Waals surface area contributed by atoms with Crippen molar-refractivity contribution in [3.63, 3.8) is 0 Å². The van der Waals surface area contributed by atoms with Gasteiger partial charge in [-0.1, -0.05) is 10.1 Å². The van der Waals surface area contributed by atoms with E-state index in [9.17, 15) is 54.6 Å². The third kappa shape index (κ3) is 14.2. The van der Waals surface area contributed by atoms with Crippen molar-refractivity contribution in [1.29, 1.82) is 0 Å². The van der Waals surface area contributed by atoms with E-state index < -0.39 is 73.2 Å². The highest BCUT2D eigenvalue weighted by atomic mass is 32.2. The average molecular weight is 1160 g/mol. The summed E-state index contributed by atoms with van der Waals surface area (Å²) < 4.78 is 103. The average Bonchev–Trinajstić information content (AvgIpc) is 3.45. The molecule has 0 unspecified atom stereocenters. The molecule has 35 heteroatoms. The number of nitro groups is 1. The van der Waals surface area contributed by atoms with E-state index in [1.54, 1.807) is 0 Å². The second-order valence-electron chi connectivity index (χ2n) is 14.9. The van der Waals surface area contributed by atoms with Crippen LogP contribution in [0.4, 0.5) is 51.2 Å². The van der Waals surface area contributed by atoms with E-state index in [2.05, 4.69) is 65.0 Å². The summed E-state index contributed by atoms with van der Waals surface area (Å²) >= 11 is 0.525. The largest absolute Gasteiger partial charge is 0.505 e. The van der Waals surface area contributed by atoms with Gasteiger partial charge in [0.1, 0.15) is 21.6 Å². The molecule has 0 radical (unpaired) electrons. The molecule has 0 bridgehead atoms. The number of hydrogen-bond acceptors (Lipinski definition) is 29. The second-order valence-corrected chi connectivity index (χ2v) is 21.4. The molecule has 0 heterocycles. The number of nitrogens with zero attached hydrogens (tertiary/aromatic N) is 7. The first-order valence-corrected chi connectivity index (χ1v) is 26.8. The molecule has 400 valence electrons. The lowest BCUT2D eigenvalue weighted by Gasteiger charge is -2.14. The minimum atomic E-state index is -5.16. The topological polar surface area (TPSA) is 443 Å². The monoisotopic (exact) mass is 1160 g/mol. The Labute approximate surface area is 439 Å². The summed E-state index contributed by atoms with van der Waals surface area (Å²) in [4.78, 5) is 34.4. The number of benzene rings is 7. The molecule has 0 aromatic heterocycles. The molecule has 0 atom stereocenters. The van der Waals surface area contributed by atoms with Crippen LogP contribution in [-0.2, 0) is 52.9 Å². The molecule has 0 aliphatic rings. The zero-order valence-electron chi connectivity index (χ0n) is 38.1. The Kier molecular flexibility index (Phi) is 18.1. The zero-order chi connectivity index (χ0) is 55.5. The van der Waals surface area contributed by atoms with Crippen LogP contribution < -0.4 is 42.9 Å². The summed E-state index contributed by atoms with van der Waals surface area (Å²) in [7, 11) is -13.3. The number of sulfone groups is 1. The number of nitrogen functional groups attached to an aromatic ring is 1. The van der Waals surface area contributed by atoms with Crippen molar-refractivity contribution in [3.05, 3.63) is 163 Å². The van der Waals surface area contributed by atoms with E-state index in [1.807, 2.05) is 0 Å². The van der Waals surface area contributed by atoms with Gasteiger partial charge in [0.05, 0.1) is 77.8 Å². The standard InChI is InChI=1S/C42H33N11O19S5/c43-37-36-23(21-34(73-71-69-59)39(37)50-46-26-7-13-30(14-8-26)75(61,62)20-19-68-74-72-70-60)22-35(77(65,66)67)40(42(36)56)51-47-24-1-3-28(4-2-24)52-76(63,64)31-15-9-27(10-16-31)45-49-38-33(54)18-17-32(41(38)55)48-44-25-5-11-29(12-6-25)53(57)58/h1-18,21-22,44-45,52,56,59-60H,19-20,43H2,(H,65,66,67)/b48-32+,49-38-,50-46?,51-47?. The summed E-state index contributed by atoms with van der Waals surface area (Å²) in [6, 6.07) is 24.6. The Hall–Kier alpha value is -8.17. The first-order chi connectivity index (χ1) is 36.7. The maximum Gasteiger partial charge on any atom is 0.296 e. The minimum Gasteiger partial charge on any atom is -0.505 e. The van der Waals surface area contributed by atoms with Gasteiger partial charge in [0, 0.05) is 17.8 Å². The van der Waals surface area contributed by atoms with Crippen LogP contribution in [0.2, 0.25) is 0 Å². The van der Waals surface area contributed by atoms with Crippen molar-refractivity contribution < 1.29 is 73.3 Å². The van der Waals surface area contributed by atoms with E-state index in [1.165, 1.54) is 103 Å². The maximum absolute atomic E-state index is 13.3. The summed E-state index contributed by atoms with van der Waals surface area (Å²) in [5.74, 6) is -1.40. The molecular weight excluding hydrogens is 1120 g/mol. The van der Waals surface area contributed by atoms with Gasteiger partial charge < -0.3 is 10.8 Å². The molecule has 0 aliphatic carbocycles. The number of nitro benzene ring substituents is 1.